The second kappa shape index (κ2) is 6.65. The molecule has 1 aromatic rings. The van der Waals surface area contributed by atoms with Crippen LogP contribution in [0.15, 0.2) is 30.3 Å². The van der Waals surface area contributed by atoms with Crippen molar-refractivity contribution in [1.82, 2.24) is 4.90 Å². The van der Waals surface area contributed by atoms with Gasteiger partial charge in [-0.05, 0) is 45.9 Å². The van der Waals surface area contributed by atoms with Crippen LogP contribution < -0.4 is 4.74 Å². The molecule has 0 aliphatic heterocycles. The van der Waals surface area contributed by atoms with E-state index < -0.39 is 0 Å². The van der Waals surface area contributed by atoms with E-state index in [-0.39, 0.29) is 5.54 Å². The van der Waals surface area contributed by atoms with Gasteiger partial charge in [-0.1, -0.05) is 25.1 Å². The molecule has 0 aliphatic rings. The van der Waals surface area contributed by atoms with Crippen LogP contribution >= 0.6 is 0 Å². The number of para-hydroxylation sites is 1. The number of rotatable bonds is 6. The van der Waals surface area contributed by atoms with Crippen LogP contribution in [-0.2, 0) is 0 Å². The highest BCUT2D eigenvalue weighted by atomic mass is 16.5. The van der Waals surface area contributed by atoms with Gasteiger partial charge in [-0.25, -0.2) is 0 Å². The molecule has 0 aromatic heterocycles. The lowest BCUT2D eigenvalue weighted by atomic mass is 10.1. The van der Waals surface area contributed by atoms with Crippen molar-refractivity contribution in [2.24, 2.45) is 0 Å². The van der Waals surface area contributed by atoms with Crippen LogP contribution in [0.2, 0.25) is 0 Å². The van der Waals surface area contributed by atoms with E-state index in [0.29, 0.717) is 0 Å². The molecule has 96 valence electrons. The van der Waals surface area contributed by atoms with Gasteiger partial charge in [-0.15, -0.1) is 0 Å². The largest absolute Gasteiger partial charge is 0.492 e. The number of hydrogen-bond donors (Lipinski definition) is 0. The van der Waals surface area contributed by atoms with Gasteiger partial charge in [0.15, 0.2) is 0 Å². The second-order valence-corrected chi connectivity index (χ2v) is 5.32. The van der Waals surface area contributed by atoms with Crippen molar-refractivity contribution in [3.05, 3.63) is 30.3 Å². The third-order valence-electron chi connectivity index (χ3n) is 2.82. The zero-order valence-electron chi connectivity index (χ0n) is 11.6. The van der Waals surface area contributed by atoms with E-state index in [2.05, 4.69) is 32.6 Å². The number of nitrogens with zero attached hydrogens (tertiary/aromatic N) is 1. The van der Waals surface area contributed by atoms with Gasteiger partial charge >= 0.3 is 0 Å². The normalized spacial score (nSPS) is 11.8. The highest BCUT2D eigenvalue weighted by molar-refractivity contribution is 5.20. The molecule has 17 heavy (non-hydrogen) atoms. The summed E-state index contributed by atoms with van der Waals surface area (Å²) >= 11 is 0. The Hall–Kier alpha value is -1.02. The summed E-state index contributed by atoms with van der Waals surface area (Å²) in [5.74, 6) is 0.956. The van der Waals surface area contributed by atoms with Gasteiger partial charge in [0.2, 0.25) is 0 Å². The maximum Gasteiger partial charge on any atom is 0.119 e. The zero-order chi connectivity index (χ0) is 12.7. The lowest BCUT2D eigenvalue weighted by Crippen LogP contribution is -2.44. The van der Waals surface area contributed by atoms with Gasteiger partial charge in [0.05, 0.1) is 0 Å². The first-order valence-electron chi connectivity index (χ1n) is 6.47. The van der Waals surface area contributed by atoms with E-state index in [0.717, 1.165) is 25.4 Å². The van der Waals surface area contributed by atoms with Crippen molar-refractivity contribution in [1.29, 1.82) is 0 Å². The molecule has 0 bridgehead atoms. The summed E-state index contributed by atoms with van der Waals surface area (Å²) in [6.07, 6.45) is 1.18. The summed E-state index contributed by atoms with van der Waals surface area (Å²) in [6.45, 7) is 11.8. The van der Waals surface area contributed by atoms with E-state index in [9.17, 15) is 0 Å². The fraction of sp³-hybridized carbons (Fsp3) is 0.600. The Kier molecular flexibility index (Phi) is 5.49. The molecule has 1 aromatic carbocycles. The number of benzene rings is 1. The molecule has 0 saturated carbocycles. The van der Waals surface area contributed by atoms with Gasteiger partial charge in [0.25, 0.3) is 0 Å². The fourth-order valence-electron chi connectivity index (χ4n) is 1.84. The van der Waals surface area contributed by atoms with Crippen molar-refractivity contribution in [3.8, 4) is 5.75 Å². The molecule has 0 N–H and O–H groups in total. The first-order chi connectivity index (χ1) is 8.04. The average molecular weight is 235 g/mol. The van der Waals surface area contributed by atoms with Gasteiger partial charge in [-0.2, -0.15) is 0 Å². The van der Waals surface area contributed by atoms with Crippen LogP contribution in [0.25, 0.3) is 0 Å². The molecule has 0 radical (unpaired) electrons. The highest BCUT2D eigenvalue weighted by Gasteiger charge is 2.19. The molecule has 1 rings (SSSR count). The topological polar surface area (TPSA) is 12.5 Å². The summed E-state index contributed by atoms with van der Waals surface area (Å²) in [7, 11) is 0. The molecular weight excluding hydrogens is 210 g/mol. The lowest BCUT2D eigenvalue weighted by molar-refractivity contribution is 0.112. The second-order valence-electron chi connectivity index (χ2n) is 5.32. The van der Waals surface area contributed by atoms with Gasteiger partial charge in [0, 0.05) is 12.1 Å². The predicted molar refractivity (Wildman–Crippen MR) is 73.6 cm³/mol. The van der Waals surface area contributed by atoms with E-state index >= 15 is 0 Å². The average Bonchev–Trinajstić information content (AvgIpc) is 2.28. The molecular formula is C15H25NO. The minimum absolute atomic E-state index is 0.218. The van der Waals surface area contributed by atoms with Crippen molar-refractivity contribution in [2.75, 3.05) is 19.7 Å². The van der Waals surface area contributed by atoms with E-state index in [4.69, 9.17) is 4.74 Å². The molecule has 0 fully saturated rings. The van der Waals surface area contributed by atoms with Gasteiger partial charge in [-0.3, -0.25) is 4.90 Å². The lowest BCUT2D eigenvalue weighted by Gasteiger charge is -2.35. The smallest absolute Gasteiger partial charge is 0.119 e. The third kappa shape index (κ3) is 5.22. The Morgan fingerprint density at radius 2 is 1.71 bits per heavy atom. The number of hydrogen-bond acceptors (Lipinski definition) is 2. The summed E-state index contributed by atoms with van der Waals surface area (Å²) in [6, 6.07) is 10.0. The summed E-state index contributed by atoms with van der Waals surface area (Å²) in [5, 5.41) is 0. The first kappa shape index (κ1) is 14.0. The standard InChI is InChI=1S/C15H25NO/c1-5-11-16(15(2,3)4)12-13-17-14-9-7-6-8-10-14/h6-10H,5,11-13H2,1-4H3. The Morgan fingerprint density at radius 3 is 2.24 bits per heavy atom. The maximum absolute atomic E-state index is 5.74. The summed E-state index contributed by atoms with van der Waals surface area (Å²) in [5.41, 5.74) is 0.218. The van der Waals surface area contributed by atoms with E-state index in [1.165, 1.54) is 6.42 Å². The van der Waals surface area contributed by atoms with E-state index in [1.807, 2.05) is 30.3 Å². The van der Waals surface area contributed by atoms with Gasteiger partial charge in [0.1, 0.15) is 12.4 Å². The van der Waals surface area contributed by atoms with E-state index in [1.54, 1.807) is 0 Å². The fourth-order valence-corrected chi connectivity index (χ4v) is 1.84. The Labute approximate surface area is 106 Å². The molecule has 0 atom stereocenters. The van der Waals surface area contributed by atoms with Crippen LogP contribution in [0.4, 0.5) is 0 Å². The summed E-state index contributed by atoms with van der Waals surface area (Å²) < 4.78 is 5.74. The van der Waals surface area contributed by atoms with Gasteiger partial charge < -0.3 is 4.74 Å². The third-order valence-corrected chi connectivity index (χ3v) is 2.82. The molecule has 2 nitrogen and oxygen atoms in total. The molecule has 2 heteroatoms. The van der Waals surface area contributed by atoms with Crippen molar-refractivity contribution >= 4 is 0 Å². The molecule has 0 heterocycles. The predicted octanol–water partition coefficient (Wildman–Crippen LogP) is 3.58. The monoisotopic (exact) mass is 235 g/mol. The number of ether oxygens (including phenoxy) is 1. The Bertz CT molecular complexity index is 302. The van der Waals surface area contributed by atoms with Crippen molar-refractivity contribution in [3.63, 3.8) is 0 Å². The summed E-state index contributed by atoms with van der Waals surface area (Å²) in [4.78, 5) is 2.47. The van der Waals surface area contributed by atoms with Crippen LogP contribution in [-0.4, -0.2) is 30.1 Å². The minimum atomic E-state index is 0.218. The van der Waals surface area contributed by atoms with Crippen LogP contribution in [0.1, 0.15) is 34.1 Å². The van der Waals surface area contributed by atoms with Crippen LogP contribution in [0, 0.1) is 0 Å². The van der Waals surface area contributed by atoms with Crippen molar-refractivity contribution < 1.29 is 4.74 Å². The molecule has 0 spiro atoms. The zero-order valence-corrected chi connectivity index (χ0v) is 11.6. The maximum atomic E-state index is 5.74. The Balaban J connectivity index is 2.37. The SMILES string of the molecule is CCCN(CCOc1ccccc1)C(C)(C)C. The minimum Gasteiger partial charge on any atom is -0.492 e. The van der Waals surface area contributed by atoms with Crippen LogP contribution in [0.5, 0.6) is 5.75 Å². The molecule has 0 unspecified atom stereocenters. The van der Waals surface area contributed by atoms with Crippen molar-refractivity contribution in [2.45, 2.75) is 39.7 Å². The first-order valence-corrected chi connectivity index (χ1v) is 6.47. The Morgan fingerprint density at radius 1 is 1.06 bits per heavy atom. The quantitative estimate of drug-likeness (QED) is 0.747. The molecule has 0 amide bonds. The highest BCUT2D eigenvalue weighted by Crippen LogP contribution is 2.14. The molecule has 0 aliphatic carbocycles. The molecule has 0 saturated heterocycles. The van der Waals surface area contributed by atoms with Crippen LogP contribution in [0.3, 0.4) is 0 Å².